The van der Waals surface area contributed by atoms with Crippen molar-refractivity contribution >= 4 is 28.3 Å². The fourth-order valence-corrected chi connectivity index (χ4v) is 2.93. The van der Waals surface area contributed by atoms with Crippen LogP contribution in [0.2, 0.25) is 0 Å². The van der Waals surface area contributed by atoms with Gasteiger partial charge in [-0.3, -0.25) is 0 Å². The molecular formula is C10H16ClN3S. The maximum atomic E-state index is 6.06. The van der Waals surface area contributed by atoms with E-state index < -0.39 is 0 Å². The van der Waals surface area contributed by atoms with E-state index in [2.05, 4.69) is 21.6 Å². The molecule has 2 rings (SSSR count). The zero-order chi connectivity index (χ0) is 10.7. The third-order valence-electron chi connectivity index (χ3n) is 2.80. The Bertz CT molecular complexity index is 315. The van der Waals surface area contributed by atoms with Gasteiger partial charge in [-0.15, -0.1) is 11.6 Å². The van der Waals surface area contributed by atoms with Crippen molar-refractivity contribution in [1.82, 2.24) is 9.36 Å². The largest absolute Gasteiger partial charge is 0.360 e. The molecule has 0 radical (unpaired) electrons. The minimum absolute atomic E-state index is 0.387. The first-order chi connectivity index (χ1) is 7.28. The number of hydrogen-bond acceptors (Lipinski definition) is 4. The molecule has 0 aromatic carbocycles. The van der Waals surface area contributed by atoms with Crippen LogP contribution in [0.15, 0.2) is 0 Å². The van der Waals surface area contributed by atoms with Crippen molar-refractivity contribution in [2.75, 3.05) is 11.9 Å². The van der Waals surface area contributed by atoms with Crippen molar-refractivity contribution in [3.05, 3.63) is 5.82 Å². The SMILES string of the molecule is CCc1nsc(NCC2CCC(Cl)C2)n1. The maximum Gasteiger partial charge on any atom is 0.202 e. The highest BCUT2D eigenvalue weighted by Crippen LogP contribution is 2.29. The van der Waals surface area contributed by atoms with Gasteiger partial charge in [-0.1, -0.05) is 6.92 Å². The molecule has 15 heavy (non-hydrogen) atoms. The van der Waals surface area contributed by atoms with Crippen molar-refractivity contribution in [3.8, 4) is 0 Å². The second-order valence-electron chi connectivity index (χ2n) is 4.03. The van der Waals surface area contributed by atoms with Gasteiger partial charge < -0.3 is 5.32 Å². The van der Waals surface area contributed by atoms with E-state index in [0.29, 0.717) is 11.3 Å². The predicted octanol–water partition coefficient (Wildman–Crippen LogP) is 2.92. The summed E-state index contributed by atoms with van der Waals surface area (Å²) in [6, 6.07) is 0. The molecule has 1 heterocycles. The van der Waals surface area contributed by atoms with Crippen LogP contribution in [0.25, 0.3) is 0 Å². The summed E-state index contributed by atoms with van der Waals surface area (Å²) >= 11 is 7.52. The van der Waals surface area contributed by atoms with Crippen LogP contribution < -0.4 is 5.32 Å². The first-order valence-electron chi connectivity index (χ1n) is 5.48. The first kappa shape index (κ1) is 11.1. The quantitative estimate of drug-likeness (QED) is 0.829. The van der Waals surface area contributed by atoms with E-state index in [1.165, 1.54) is 18.0 Å². The molecule has 1 fully saturated rings. The van der Waals surface area contributed by atoms with Crippen LogP contribution in [0, 0.1) is 5.92 Å². The summed E-state index contributed by atoms with van der Waals surface area (Å²) in [5, 5.41) is 4.68. The molecule has 1 aliphatic rings. The molecule has 3 nitrogen and oxygen atoms in total. The van der Waals surface area contributed by atoms with Crippen LogP contribution in [-0.4, -0.2) is 21.3 Å². The van der Waals surface area contributed by atoms with E-state index in [0.717, 1.165) is 36.8 Å². The molecule has 1 N–H and O–H groups in total. The second-order valence-corrected chi connectivity index (χ2v) is 5.40. The van der Waals surface area contributed by atoms with Crippen LogP contribution in [0.5, 0.6) is 0 Å². The normalized spacial score (nSPS) is 25.7. The van der Waals surface area contributed by atoms with E-state index >= 15 is 0 Å². The van der Waals surface area contributed by atoms with Gasteiger partial charge in [-0.25, -0.2) is 4.98 Å². The van der Waals surface area contributed by atoms with Crippen molar-refractivity contribution in [2.45, 2.75) is 38.0 Å². The van der Waals surface area contributed by atoms with Crippen LogP contribution >= 0.6 is 23.1 Å². The molecule has 0 spiro atoms. The Morgan fingerprint density at radius 2 is 2.40 bits per heavy atom. The molecule has 0 amide bonds. The molecule has 1 aromatic heterocycles. The van der Waals surface area contributed by atoms with Crippen molar-refractivity contribution in [1.29, 1.82) is 0 Å². The Kier molecular flexibility index (Phi) is 3.81. The Labute approximate surface area is 99.4 Å². The highest BCUT2D eigenvalue weighted by molar-refractivity contribution is 7.09. The number of aryl methyl sites for hydroxylation is 1. The minimum Gasteiger partial charge on any atom is -0.360 e. The fraction of sp³-hybridized carbons (Fsp3) is 0.800. The number of nitrogens with zero attached hydrogens (tertiary/aromatic N) is 2. The number of aromatic nitrogens is 2. The molecule has 1 aromatic rings. The Hall–Kier alpha value is -0.350. The molecule has 0 aliphatic heterocycles. The summed E-state index contributed by atoms with van der Waals surface area (Å²) in [5.74, 6) is 1.64. The summed E-state index contributed by atoms with van der Waals surface area (Å²) in [6.45, 7) is 3.06. The fourth-order valence-electron chi connectivity index (χ4n) is 1.90. The molecule has 0 bridgehead atoms. The highest BCUT2D eigenvalue weighted by atomic mass is 35.5. The summed E-state index contributed by atoms with van der Waals surface area (Å²) in [7, 11) is 0. The molecule has 5 heteroatoms. The predicted molar refractivity (Wildman–Crippen MR) is 64.8 cm³/mol. The van der Waals surface area contributed by atoms with Crippen LogP contribution in [0.1, 0.15) is 32.0 Å². The average Bonchev–Trinajstić information content (AvgIpc) is 2.83. The number of anilines is 1. The van der Waals surface area contributed by atoms with Crippen molar-refractivity contribution < 1.29 is 0 Å². The van der Waals surface area contributed by atoms with E-state index in [4.69, 9.17) is 11.6 Å². The van der Waals surface area contributed by atoms with Gasteiger partial charge in [-0.05, 0) is 25.2 Å². The highest BCUT2D eigenvalue weighted by Gasteiger charge is 2.22. The lowest BCUT2D eigenvalue weighted by Crippen LogP contribution is -2.11. The Morgan fingerprint density at radius 1 is 1.53 bits per heavy atom. The zero-order valence-corrected chi connectivity index (χ0v) is 10.4. The summed E-state index contributed by atoms with van der Waals surface area (Å²) < 4.78 is 4.24. The second kappa shape index (κ2) is 5.12. The standard InChI is InChI=1S/C10H16ClN3S/c1-2-9-13-10(15-14-9)12-6-7-3-4-8(11)5-7/h7-8H,2-6H2,1H3,(H,12,13,14). The molecule has 1 saturated carbocycles. The van der Waals surface area contributed by atoms with E-state index in [1.807, 2.05) is 0 Å². The van der Waals surface area contributed by atoms with Crippen LogP contribution in [-0.2, 0) is 6.42 Å². The average molecular weight is 246 g/mol. The van der Waals surface area contributed by atoms with Gasteiger partial charge in [-0.2, -0.15) is 4.37 Å². The van der Waals surface area contributed by atoms with Gasteiger partial charge in [0.1, 0.15) is 5.82 Å². The Balaban J connectivity index is 1.77. The molecular weight excluding hydrogens is 230 g/mol. The van der Waals surface area contributed by atoms with Gasteiger partial charge >= 0.3 is 0 Å². The van der Waals surface area contributed by atoms with Gasteiger partial charge in [0.05, 0.1) is 0 Å². The Morgan fingerprint density at radius 3 is 3.00 bits per heavy atom. The monoisotopic (exact) mass is 245 g/mol. The number of hydrogen-bond donors (Lipinski definition) is 1. The lowest BCUT2D eigenvalue weighted by molar-refractivity contribution is 0.580. The number of halogens is 1. The topological polar surface area (TPSA) is 37.8 Å². The van der Waals surface area contributed by atoms with Crippen LogP contribution in [0.3, 0.4) is 0 Å². The third kappa shape index (κ3) is 3.05. The molecule has 0 saturated heterocycles. The van der Waals surface area contributed by atoms with E-state index in [9.17, 15) is 0 Å². The number of rotatable bonds is 4. The smallest absolute Gasteiger partial charge is 0.202 e. The zero-order valence-electron chi connectivity index (χ0n) is 8.87. The molecule has 1 aliphatic carbocycles. The van der Waals surface area contributed by atoms with E-state index in [-0.39, 0.29) is 0 Å². The van der Waals surface area contributed by atoms with Gasteiger partial charge in [0, 0.05) is 29.9 Å². The van der Waals surface area contributed by atoms with Crippen molar-refractivity contribution in [2.24, 2.45) is 5.92 Å². The van der Waals surface area contributed by atoms with Gasteiger partial charge in [0.2, 0.25) is 5.13 Å². The lowest BCUT2D eigenvalue weighted by atomic mass is 10.1. The summed E-state index contributed by atoms with van der Waals surface area (Å²) in [5.41, 5.74) is 0. The van der Waals surface area contributed by atoms with Gasteiger partial charge in [0.15, 0.2) is 0 Å². The lowest BCUT2D eigenvalue weighted by Gasteiger charge is -2.08. The molecule has 84 valence electrons. The third-order valence-corrected chi connectivity index (χ3v) is 3.91. The van der Waals surface area contributed by atoms with Gasteiger partial charge in [0.25, 0.3) is 0 Å². The number of nitrogens with one attached hydrogen (secondary N) is 1. The molecule has 2 unspecified atom stereocenters. The number of alkyl halides is 1. The van der Waals surface area contributed by atoms with Crippen LogP contribution in [0.4, 0.5) is 5.13 Å². The van der Waals surface area contributed by atoms with E-state index in [1.54, 1.807) is 0 Å². The minimum atomic E-state index is 0.387. The van der Waals surface area contributed by atoms with Crippen molar-refractivity contribution in [3.63, 3.8) is 0 Å². The summed E-state index contributed by atoms with van der Waals surface area (Å²) in [6.07, 6.45) is 4.43. The maximum absolute atomic E-state index is 6.06. The summed E-state index contributed by atoms with van der Waals surface area (Å²) in [4.78, 5) is 4.37. The molecule has 2 atom stereocenters. The first-order valence-corrected chi connectivity index (χ1v) is 6.69.